The Kier molecular flexibility index (Phi) is 3.36. The van der Waals surface area contributed by atoms with E-state index >= 15 is 0 Å². The molecule has 0 atom stereocenters. The van der Waals surface area contributed by atoms with Crippen molar-refractivity contribution in [3.05, 3.63) is 41.0 Å². The van der Waals surface area contributed by atoms with Crippen molar-refractivity contribution in [3.63, 3.8) is 0 Å². The highest BCUT2D eigenvalue weighted by Gasteiger charge is 2.09. The van der Waals surface area contributed by atoms with Crippen LogP contribution in [0.5, 0.6) is 0 Å². The summed E-state index contributed by atoms with van der Waals surface area (Å²) in [4.78, 5) is 4.60. The quantitative estimate of drug-likeness (QED) is 0.875. The maximum absolute atomic E-state index is 5.94. The first-order valence-corrected chi connectivity index (χ1v) is 6.12. The lowest BCUT2D eigenvalue weighted by molar-refractivity contribution is 0.421. The maximum atomic E-state index is 5.94. The van der Waals surface area contributed by atoms with Gasteiger partial charge in [-0.15, -0.1) is 0 Å². The standard InChI is InChI=1S/C14H17ClN2/c1-14(2,3)16-9-12-6-4-10-8-11(15)5-7-13(10)17-12/h4-8,16H,9H2,1-3H3. The van der Waals surface area contributed by atoms with E-state index in [4.69, 9.17) is 11.6 Å². The van der Waals surface area contributed by atoms with E-state index in [0.29, 0.717) is 0 Å². The van der Waals surface area contributed by atoms with Crippen molar-refractivity contribution >= 4 is 22.5 Å². The van der Waals surface area contributed by atoms with Gasteiger partial charge in [0, 0.05) is 22.5 Å². The topological polar surface area (TPSA) is 24.9 Å². The predicted octanol–water partition coefficient (Wildman–Crippen LogP) is 3.78. The highest BCUT2D eigenvalue weighted by molar-refractivity contribution is 6.31. The molecular weight excluding hydrogens is 232 g/mol. The van der Waals surface area contributed by atoms with Gasteiger partial charge in [-0.3, -0.25) is 4.98 Å². The van der Waals surface area contributed by atoms with Crippen LogP contribution in [0.3, 0.4) is 0 Å². The third-order valence-electron chi connectivity index (χ3n) is 2.51. The van der Waals surface area contributed by atoms with Crippen LogP contribution in [0.4, 0.5) is 0 Å². The summed E-state index contributed by atoms with van der Waals surface area (Å²) < 4.78 is 0. The van der Waals surface area contributed by atoms with Crippen LogP contribution < -0.4 is 5.32 Å². The van der Waals surface area contributed by atoms with Crippen molar-refractivity contribution in [1.82, 2.24) is 10.3 Å². The summed E-state index contributed by atoms with van der Waals surface area (Å²) in [6.45, 7) is 7.22. The number of nitrogens with one attached hydrogen (secondary N) is 1. The fourth-order valence-corrected chi connectivity index (χ4v) is 1.77. The molecule has 2 aromatic rings. The minimum atomic E-state index is 0.108. The molecule has 0 saturated heterocycles. The second-order valence-electron chi connectivity index (χ2n) is 5.24. The van der Waals surface area contributed by atoms with Crippen LogP contribution in [0.15, 0.2) is 30.3 Å². The van der Waals surface area contributed by atoms with Gasteiger partial charge < -0.3 is 5.32 Å². The number of rotatable bonds is 2. The first-order chi connectivity index (χ1) is 7.94. The summed E-state index contributed by atoms with van der Waals surface area (Å²) >= 11 is 5.94. The lowest BCUT2D eigenvalue weighted by atomic mass is 10.1. The van der Waals surface area contributed by atoms with Gasteiger partial charge in [-0.2, -0.15) is 0 Å². The van der Waals surface area contributed by atoms with E-state index in [0.717, 1.165) is 28.2 Å². The van der Waals surface area contributed by atoms with Gasteiger partial charge in [0.05, 0.1) is 11.2 Å². The summed E-state index contributed by atoms with van der Waals surface area (Å²) in [6, 6.07) is 9.87. The summed E-state index contributed by atoms with van der Waals surface area (Å²) in [5.41, 5.74) is 2.15. The Labute approximate surface area is 107 Å². The van der Waals surface area contributed by atoms with Gasteiger partial charge in [0.2, 0.25) is 0 Å². The first-order valence-electron chi connectivity index (χ1n) is 5.74. The smallest absolute Gasteiger partial charge is 0.0706 e. The van der Waals surface area contributed by atoms with Crippen molar-refractivity contribution in [3.8, 4) is 0 Å². The van der Waals surface area contributed by atoms with E-state index in [1.807, 2.05) is 24.3 Å². The van der Waals surface area contributed by atoms with Crippen molar-refractivity contribution in [2.24, 2.45) is 0 Å². The molecule has 90 valence electrons. The monoisotopic (exact) mass is 248 g/mol. The van der Waals surface area contributed by atoms with Crippen molar-refractivity contribution in [2.75, 3.05) is 0 Å². The Morgan fingerprint density at radius 3 is 2.65 bits per heavy atom. The molecule has 2 rings (SSSR count). The second-order valence-corrected chi connectivity index (χ2v) is 5.68. The molecule has 0 saturated carbocycles. The summed E-state index contributed by atoms with van der Waals surface area (Å²) in [5.74, 6) is 0. The molecule has 1 N–H and O–H groups in total. The summed E-state index contributed by atoms with van der Waals surface area (Å²) in [7, 11) is 0. The Bertz CT molecular complexity index is 529. The van der Waals surface area contributed by atoms with E-state index in [9.17, 15) is 0 Å². The molecule has 0 fully saturated rings. The fraction of sp³-hybridized carbons (Fsp3) is 0.357. The molecule has 17 heavy (non-hydrogen) atoms. The molecule has 0 aliphatic rings. The Morgan fingerprint density at radius 2 is 1.94 bits per heavy atom. The number of halogens is 1. The number of nitrogens with zero attached hydrogens (tertiary/aromatic N) is 1. The molecule has 0 aliphatic heterocycles. The molecule has 0 amide bonds. The molecule has 0 bridgehead atoms. The van der Waals surface area contributed by atoms with Crippen LogP contribution >= 0.6 is 11.6 Å². The van der Waals surface area contributed by atoms with E-state index in [2.05, 4.69) is 37.1 Å². The third-order valence-corrected chi connectivity index (χ3v) is 2.74. The fourth-order valence-electron chi connectivity index (χ4n) is 1.59. The lowest BCUT2D eigenvalue weighted by Gasteiger charge is -2.20. The zero-order chi connectivity index (χ0) is 12.5. The highest BCUT2D eigenvalue weighted by Crippen LogP contribution is 2.18. The zero-order valence-electron chi connectivity index (χ0n) is 10.4. The number of pyridine rings is 1. The average Bonchev–Trinajstić information content (AvgIpc) is 2.25. The van der Waals surface area contributed by atoms with Crippen molar-refractivity contribution in [1.29, 1.82) is 0 Å². The van der Waals surface area contributed by atoms with E-state index < -0.39 is 0 Å². The zero-order valence-corrected chi connectivity index (χ0v) is 11.2. The minimum Gasteiger partial charge on any atom is -0.306 e. The van der Waals surface area contributed by atoms with E-state index in [1.165, 1.54) is 0 Å². The van der Waals surface area contributed by atoms with Gasteiger partial charge in [0.15, 0.2) is 0 Å². The molecule has 1 aromatic carbocycles. The molecule has 1 aromatic heterocycles. The van der Waals surface area contributed by atoms with Gasteiger partial charge in [0.1, 0.15) is 0 Å². The number of aromatic nitrogens is 1. The maximum Gasteiger partial charge on any atom is 0.0706 e. The normalized spacial score (nSPS) is 12.0. The van der Waals surface area contributed by atoms with Gasteiger partial charge in [0.25, 0.3) is 0 Å². The van der Waals surface area contributed by atoms with Crippen LogP contribution in [-0.2, 0) is 6.54 Å². The van der Waals surface area contributed by atoms with Crippen LogP contribution in [0, 0.1) is 0 Å². The molecular formula is C14H17ClN2. The number of hydrogen-bond donors (Lipinski definition) is 1. The van der Waals surface area contributed by atoms with Gasteiger partial charge in [-0.1, -0.05) is 17.7 Å². The van der Waals surface area contributed by atoms with Crippen LogP contribution in [0.1, 0.15) is 26.5 Å². The average molecular weight is 249 g/mol. The van der Waals surface area contributed by atoms with Crippen molar-refractivity contribution < 1.29 is 0 Å². The molecule has 0 radical (unpaired) electrons. The Balaban J connectivity index is 2.23. The molecule has 3 heteroatoms. The van der Waals surface area contributed by atoms with Gasteiger partial charge in [-0.25, -0.2) is 0 Å². The SMILES string of the molecule is CC(C)(C)NCc1ccc2cc(Cl)ccc2n1. The molecule has 0 aliphatic carbocycles. The molecule has 0 unspecified atom stereocenters. The lowest BCUT2D eigenvalue weighted by Crippen LogP contribution is -2.35. The highest BCUT2D eigenvalue weighted by atomic mass is 35.5. The Hall–Kier alpha value is -1.12. The van der Waals surface area contributed by atoms with Crippen LogP contribution in [-0.4, -0.2) is 10.5 Å². The Morgan fingerprint density at radius 1 is 1.18 bits per heavy atom. The van der Waals surface area contributed by atoms with Crippen molar-refractivity contribution in [2.45, 2.75) is 32.9 Å². The van der Waals surface area contributed by atoms with Crippen LogP contribution in [0.2, 0.25) is 5.02 Å². The van der Waals surface area contributed by atoms with Gasteiger partial charge >= 0.3 is 0 Å². The summed E-state index contributed by atoms with van der Waals surface area (Å²) in [5, 5.41) is 5.26. The van der Waals surface area contributed by atoms with Crippen LogP contribution in [0.25, 0.3) is 10.9 Å². The number of hydrogen-bond acceptors (Lipinski definition) is 2. The summed E-state index contributed by atoms with van der Waals surface area (Å²) in [6.07, 6.45) is 0. The molecule has 2 nitrogen and oxygen atoms in total. The molecule has 0 spiro atoms. The predicted molar refractivity (Wildman–Crippen MR) is 73.3 cm³/mol. The number of fused-ring (bicyclic) bond motifs is 1. The van der Waals surface area contributed by atoms with E-state index in [-0.39, 0.29) is 5.54 Å². The molecule has 1 heterocycles. The second kappa shape index (κ2) is 4.63. The largest absolute Gasteiger partial charge is 0.306 e. The number of benzene rings is 1. The third kappa shape index (κ3) is 3.42. The first kappa shape index (κ1) is 12.3. The van der Waals surface area contributed by atoms with E-state index in [1.54, 1.807) is 0 Å². The minimum absolute atomic E-state index is 0.108. The van der Waals surface area contributed by atoms with Gasteiger partial charge in [-0.05, 0) is 45.0 Å².